The molecule has 9 heteroatoms. The van der Waals surface area contributed by atoms with Crippen LogP contribution < -0.4 is 5.73 Å². The number of fused-ring (bicyclic) bond motifs is 1. The van der Waals surface area contributed by atoms with Crippen molar-refractivity contribution in [3.05, 3.63) is 41.9 Å². The molecule has 26 heavy (non-hydrogen) atoms. The fraction of sp³-hybridized carbons (Fsp3) is 0.353. The summed E-state index contributed by atoms with van der Waals surface area (Å²) in [5.41, 5.74) is 7.16. The third kappa shape index (κ3) is 3.64. The summed E-state index contributed by atoms with van der Waals surface area (Å²) in [4.78, 5) is 15.9. The third-order valence-corrected chi connectivity index (χ3v) is 5.99. The van der Waals surface area contributed by atoms with Crippen molar-refractivity contribution in [2.45, 2.75) is 17.7 Å². The van der Waals surface area contributed by atoms with Crippen molar-refractivity contribution in [1.29, 1.82) is 0 Å². The molecule has 0 amide bonds. The highest BCUT2D eigenvalue weighted by molar-refractivity contribution is 7.99. The Kier molecular flexibility index (Phi) is 4.99. The lowest BCUT2D eigenvalue weighted by atomic mass is 10.1. The van der Waals surface area contributed by atoms with Crippen LogP contribution >= 0.6 is 23.4 Å². The molecule has 0 aliphatic carbocycles. The number of halogens is 1. The topological polar surface area (TPSA) is 93.1 Å². The Labute approximate surface area is 160 Å². The second kappa shape index (κ2) is 7.40. The maximum atomic E-state index is 10.4. The van der Waals surface area contributed by atoms with Crippen LogP contribution in [0, 0.1) is 5.92 Å². The second-order valence-electron chi connectivity index (χ2n) is 6.42. The molecular formula is C17H19ClN6OS. The van der Waals surface area contributed by atoms with Gasteiger partial charge in [-0.3, -0.25) is 4.90 Å². The molecule has 0 saturated carbocycles. The van der Waals surface area contributed by atoms with E-state index >= 15 is 0 Å². The maximum Gasteiger partial charge on any atom is 0.166 e. The van der Waals surface area contributed by atoms with Crippen LogP contribution in [0.3, 0.4) is 0 Å². The number of β-amino-alcohol motifs (C(OH)–C–C–N with tert-alkyl or cyclic N) is 1. The first-order valence-electron chi connectivity index (χ1n) is 8.30. The van der Waals surface area contributed by atoms with Crippen molar-refractivity contribution in [1.82, 2.24) is 24.4 Å². The Morgan fingerprint density at radius 2 is 2.00 bits per heavy atom. The molecule has 1 aromatic carbocycles. The number of hydrogen-bond acceptors (Lipinski definition) is 7. The van der Waals surface area contributed by atoms with Crippen molar-refractivity contribution in [2.75, 3.05) is 24.6 Å². The molecule has 0 spiro atoms. The van der Waals surface area contributed by atoms with Crippen LogP contribution in [0.25, 0.3) is 11.2 Å². The number of rotatable bonds is 5. The van der Waals surface area contributed by atoms with Gasteiger partial charge in [0.05, 0.1) is 19.1 Å². The van der Waals surface area contributed by atoms with Crippen LogP contribution in [0.5, 0.6) is 0 Å². The number of aromatic nitrogens is 4. The lowest BCUT2D eigenvalue weighted by Crippen LogP contribution is -2.24. The van der Waals surface area contributed by atoms with Gasteiger partial charge in [-0.05, 0) is 24.3 Å². The van der Waals surface area contributed by atoms with Crippen molar-refractivity contribution in [2.24, 2.45) is 5.92 Å². The van der Waals surface area contributed by atoms with E-state index in [4.69, 9.17) is 17.3 Å². The number of nitrogens with two attached hydrogens (primary N) is 1. The van der Waals surface area contributed by atoms with Crippen molar-refractivity contribution >= 4 is 40.3 Å². The first-order chi connectivity index (χ1) is 12.6. The van der Waals surface area contributed by atoms with Gasteiger partial charge in [0.25, 0.3) is 0 Å². The molecule has 1 saturated heterocycles. The van der Waals surface area contributed by atoms with Gasteiger partial charge in [-0.1, -0.05) is 11.6 Å². The van der Waals surface area contributed by atoms with Crippen LogP contribution in [-0.2, 0) is 6.67 Å². The molecule has 2 atom stereocenters. The van der Waals surface area contributed by atoms with Gasteiger partial charge < -0.3 is 15.4 Å². The van der Waals surface area contributed by atoms with Crippen LogP contribution in [0.4, 0.5) is 5.82 Å². The Hall–Kier alpha value is -1.87. The van der Waals surface area contributed by atoms with Gasteiger partial charge in [0.1, 0.15) is 11.8 Å². The largest absolute Gasteiger partial charge is 0.391 e. The number of imidazole rings is 1. The van der Waals surface area contributed by atoms with E-state index in [1.54, 1.807) is 18.1 Å². The summed E-state index contributed by atoms with van der Waals surface area (Å²) in [5.74, 6) is 1.46. The SMILES string of the molecule is Nc1ncnc2c1ncn2CN1C[C@H](CSc2ccc(Cl)cc2)[C@@H](O)C1. The molecule has 0 bridgehead atoms. The molecule has 1 fully saturated rings. The molecule has 1 aliphatic heterocycles. The molecule has 0 radical (unpaired) electrons. The molecule has 3 aromatic rings. The van der Waals surface area contributed by atoms with Crippen molar-refractivity contribution in [3.63, 3.8) is 0 Å². The summed E-state index contributed by atoms with van der Waals surface area (Å²) in [7, 11) is 0. The number of anilines is 1. The summed E-state index contributed by atoms with van der Waals surface area (Å²) in [5, 5.41) is 11.2. The number of nitrogens with zero attached hydrogens (tertiary/aromatic N) is 5. The zero-order chi connectivity index (χ0) is 18.1. The van der Waals surface area contributed by atoms with E-state index in [2.05, 4.69) is 19.9 Å². The molecule has 1 aliphatic rings. The van der Waals surface area contributed by atoms with Crippen molar-refractivity contribution < 1.29 is 5.11 Å². The van der Waals surface area contributed by atoms with E-state index in [0.29, 0.717) is 30.2 Å². The number of benzene rings is 1. The zero-order valence-electron chi connectivity index (χ0n) is 14.0. The third-order valence-electron chi connectivity index (χ3n) is 4.54. The summed E-state index contributed by atoms with van der Waals surface area (Å²) in [6, 6.07) is 7.79. The molecule has 3 N–H and O–H groups in total. The highest BCUT2D eigenvalue weighted by Gasteiger charge is 2.31. The number of aliphatic hydroxyl groups is 1. The van der Waals surface area contributed by atoms with E-state index in [9.17, 15) is 5.11 Å². The fourth-order valence-electron chi connectivity index (χ4n) is 3.17. The standard InChI is InChI=1S/C17H19ClN6OS/c18-12-1-3-13(4-2-12)26-7-11-5-23(6-14(11)25)10-24-9-22-15-16(19)20-8-21-17(15)24/h1-4,8-9,11,14,25H,5-7,10H2,(H2,19,20,21)/t11-,14+/m1/s1. The van der Waals surface area contributed by atoms with Gasteiger partial charge in [0.2, 0.25) is 0 Å². The summed E-state index contributed by atoms with van der Waals surface area (Å²) in [6.45, 7) is 2.07. The number of hydrogen-bond donors (Lipinski definition) is 2. The number of aliphatic hydroxyl groups excluding tert-OH is 1. The first-order valence-corrected chi connectivity index (χ1v) is 9.66. The minimum atomic E-state index is -0.343. The van der Waals surface area contributed by atoms with Gasteiger partial charge in [-0.15, -0.1) is 11.8 Å². The molecule has 7 nitrogen and oxygen atoms in total. The molecule has 3 heterocycles. The van der Waals surface area contributed by atoms with Gasteiger partial charge in [0.15, 0.2) is 11.5 Å². The Bertz CT molecular complexity index is 902. The van der Waals surface area contributed by atoms with E-state index in [1.807, 2.05) is 28.8 Å². The molecule has 136 valence electrons. The lowest BCUT2D eigenvalue weighted by molar-refractivity contribution is 0.145. The predicted molar refractivity (Wildman–Crippen MR) is 103 cm³/mol. The maximum absolute atomic E-state index is 10.4. The molecular weight excluding hydrogens is 372 g/mol. The van der Waals surface area contributed by atoms with Crippen molar-refractivity contribution in [3.8, 4) is 0 Å². The highest BCUT2D eigenvalue weighted by Crippen LogP contribution is 2.28. The summed E-state index contributed by atoms with van der Waals surface area (Å²) >= 11 is 7.66. The number of thioether (sulfide) groups is 1. The zero-order valence-corrected chi connectivity index (χ0v) is 15.6. The predicted octanol–water partition coefficient (Wildman–Crippen LogP) is 2.10. The average molecular weight is 391 g/mol. The average Bonchev–Trinajstić information content (AvgIpc) is 3.19. The van der Waals surface area contributed by atoms with E-state index in [-0.39, 0.29) is 12.0 Å². The second-order valence-corrected chi connectivity index (χ2v) is 7.95. The van der Waals surface area contributed by atoms with Crippen LogP contribution in [-0.4, -0.2) is 54.5 Å². The quantitative estimate of drug-likeness (QED) is 0.644. The number of nitrogen functional groups attached to an aromatic ring is 1. The Morgan fingerprint density at radius 1 is 1.19 bits per heavy atom. The van der Waals surface area contributed by atoms with Gasteiger partial charge >= 0.3 is 0 Å². The smallest absolute Gasteiger partial charge is 0.166 e. The Balaban J connectivity index is 1.38. The lowest BCUT2D eigenvalue weighted by Gasteiger charge is -2.16. The van der Waals surface area contributed by atoms with Crippen LogP contribution in [0.2, 0.25) is 5.02 Å². The minimum Gasteiger partial charge on any atom is -0.391 e. The number of likely N-dealkylation sites (tertiary alicyclic amines) is 1. The molecule has 4 rings (SSSR count). The minimum absolute atomic E-state index is 0.213. The fourth-order valence-corrected chi connectivity index (χ4v) is 4.36. The van der Waals surface area contributed by atoms with Gasteiger partial charge in [-0.25, -0.2) is 15.0 Å². The Morgan fingerprint density at radius 3 is 2.81 bits per heavy atom. The van der Waals surface area contributed by atoms with E-state index in [1.165, 1.54) is 6.33 Å². The first kappa shape index (κ1) is 17.5. The van der Waals surface area contributed by atoms with Gasteiger partial charge in [0, 0.05) is 34.7 Å². The van der Waals surface area contributed by atoms with Gasteiger partial charge in [-0.2, -0.15) is 0 Å². The van der Waals surface area contributed by atoms with Crippen LogP contribution in [0.15, 0.2) is 41.8 Å². The summed E-state index contributed by atoms with van der Waals surface area (Å²) in [6.07, 6.45) is 2.82. The van der Waals surface area contributed by atoms with E-state index in [0.717, 1.165) is 22.2 Å². The highest BCUT2D eigenvalue weighted by atomic mass is 35.5. The van der Waals surface area contributed by atoms with Crippen LogP contribution in [0.1, 0.15) is 0 Å². The monoisotopic (exact) mass is 390 g/mol. The van der Waals surface area contributed by atoms with E-state index < -0.39 is 0 Å². The normalized spacial score (nSPS) is 20.8. The molecule has 2 aromatic heterocycles. The summed E-state index contributed by atoms with van der Waals surface area (Å²) < 4.78 is 1.94. The molecule has 0 unspecified atom stereocenters.